The fraction of sp³-hybridized carbons (Fsp3) is 1.00. The average Bonchev–Trinajstić information content (AvgIpc) is 2.17. The SMILES string of the molecule is C[C@H](CN(C)C)[C@H](O)C1CCCCC1. The zero-order valence-corrected chi connectivity index (χ0v) is 9.87. The van der Waals surface area contributed by atoms with E-state index >= 15 is 0 Å². The second-order valence-electron chi connectivity index (χ2n) is 5.13. The summed E-state index contributed by atoms with van der Waals surface area (Å²) in [4.78, 5) is 2.16. The predicted octanol–water partition coefficient (Wildman–Crippen LogP) is 2.13. The largest absolute Gasteiger partial charge is 0.393 e. The van der Waals surface area contributed by atoms with E-state index in [0.29, 0.717) is 11.8 Å². The van der Waals surface area contributed by atoms with Crippen LogP contribution in [0.15, 0.2) is 0 Å². The van der Waals surface area contributed by atoms with Gasteiger partial charge in [-0.3, -0.25) is 0 Å². The van der Waals surface area contributed by atoms with Crippen LogP contribution in [0.1, 0.15) is 39.0 Å². The van der Waals surface area contributed by atoms with Gasteiger partial charge in [-0.15, -0.1) is 0 Å². The van der Waals surface area contributed by atoms with Gasteiger partial charge in [-0.2, -0.15) is 0 Å². The lowest BCUT2D eigenvalue weighted by Gasteiger charge is -2.31. The number of nitrogens with zero attached hydrogens (tertiary/aromatic N) is 1. The maximum atomic E-state index is 10.2. The number of hydrogen-bond donors (Lipinski definition) is 1. The molecular weight excluding hydrogens is 174 g/mol. The Morgan fingerprint density at radius 2 is 1.79 bits per heavy atom. The molecule has 1 saturated carbocycles. The van der Waals surface area contributed by atoms with Crippen molar-refractivity contribution in [3.8, 4) is 0 Å². The highest BCUT2D eigenvalue weighted by Crippen LogP contribution is 2.29. The Balaban J connectivity index is 2.33. The molecule has 0 aromatic carbocycles. The van der Waals surface area contributed by atoms with Gasteiger partial charge in [0.25, 0.3) is 0 Å². The van der Waals surface area contributed by atoms with Crippen molar-refractivity contribution in [2.75, 3.05) is 20.6 Å². The van der Waals surface area contributed by atoms with Crippen molar-refractivity contribution in [1.29, 1.82) is 0 Å². The third kappa shape index (κ3) is 3.58. The third-order valence-corrected chi connectivity index (χ3v) is 3.37. The minimum Gasteiger partial charge on any atom is -0.393 e. The quantitative estimate of drug-likeness (QED) is 0.749. The van der Waals surface area contributed by atoms with Crippen LogP contribution in [-0.4, -0.2) is 36.8 Å². The molecule has 2 nitrogen and oxygen atoms in total. The van der Waals surface area contributed by atoms with E-state index in [1.807, 2.05) is 0 Å². The molecule has 1 fully saturated rings. The van der Waals surface area contributed by atoms with Gasteiger partial charge in [0.15, 0.2) is 0 Å². The van der Waals surface area contributed by atoms with Crippen LogP contribution >= 0.6 is 0 Å². The maximum Gasteiger partial charge on any atom is 0.0606 e. The molecule has 0 aromatic heterocycles. The second kappa shape index (κ2) is 5.72. The summed E-state index contributed by atoms with van der Waals surface area (Å²) in [6, 6.07) is 0. The topological polar surface area (TPSA) is 23.5 Å². The van der Waals surface area contributed by atoms with E-state index in [1.54, 1.807) is 0 Å². The first kappa shape index (κ1) is 12.0. The Bertz CT molecular complexity index is 152. The summed E-state index contributed by atoms with van der Waals surface area (Å²) in [5.74, 6) is 0.979. The Morgan fingerprint density at radius 3 is 2.29 bits per heavy atom. The van der Waals surface area contributed by atoms with Gasteiger partial charge in [-0.25, -0.2) is 0 Å². The lowest BCUT2D eigenvalue weighted by atomic mass is 9.81. The minimum absolute atomic E-state index is 0.0855. The van der Waals surface area contributed by atoms with Crippen molar-refractivity contribution in [2.45, 2.75) is 45.1 Å². The second-order valence-corrected chi connectivity index (χ2v) is 5.13. The molecule has 0 heterocycles. The Kier molecular flexibility index (Phi) is 4.90. The zero-order chi connectivity index (χ0) is 10.6. The van der Waals surface area contributed by atoms with E-state index in [2.05, 4.69) is 25.9 Å². The summed E-state index contributed by atoms with van der Waals surface area (Å²) in [5.41, 5.74) is 0. The summed E-state index contributed by atoms with van der Waals surface area (Å²) in [5, 5.41) is 10.2. The number of aliphatic hydroxyl groups excluding tert-OH is 1. The van der Waals surface area contributed by atoms with Gasteiger partial charge >= 0.3 is 0 Å². The summed E-state index contributed by atoms with van der Waals surface area (Å²) < 4.78 is 0. The summed E-state index contributed by atoms with van der Waals surface area (Å²) in [6.07, 6.45) is 6.38. The molecule has 0 saturated heterocycles. The van der Waals surface area contributed by atoms with Crippen LogP contribution in [0.2, 0.25) is 0 Å². The molecule has 0 amide bonds. The molecule has 2 heteroatoms. The molecule has 0 bridgehead atoms. The number of rotatable bonds is 4. The smallest absolute Gasteiger partial charge is 0.0606 e. The molecule has 1 aliphatic carbocycles. The molecule has 0 aliphatic heterocycles. The fourth-order valence-corrected chi connectivity index (χ4v) is 2.62. The lowest BCUT2D eigenvalue weighted by molar-refractivity contribution is 0.0305. The van der Waals surface area contributed by atoms with E-state index in [4.69, 9.17) is 0 Å². The van der Waals surface area contributed by atoms with Gasteiger partial charge in [-0.05, 0) is 38.8 Å². The van der Waals surface area contributed by atoms with Crippen molar-refractivity contribution < 1.29 is 5.11 Å². The van der Waals surface area contributed by atoms with Crippen molar-refractivity contribution in [3.05, 3.63) is 0 Å². The van der Waals surface area contributed by atoms with Crippen LogP contribution in [-0.2, 0) is 0 Å². The normalized spacial score (nSPS) is 23.8. The monoisotopic (exact) mass is 199 g/mol. The van der Waals surface area contributed by atoms with Gasteiger partial charge in [-0.1, -0.05) is 26.2 Å². The molecule has 0 aromatic rings. The fourth-order valence-electron chi connectivity index (χ4n) is 2.62. The van der Waals surface area contributed by atoms with Gasteiger partial charge in [0.2, 0.25) is 0 Å². The first-order valence-corrected chi connectivity index (χ1v) is 5.94. The molecule has 1 aliphatic rings. The van der Waals surface area contributed by atoms with Crippen LogP contribution in [0.25, 0.3) is 0 Å². The Morgan fingerprint density at radius 1 is 1.21 bits per heavy atom. The lowest BCUT2D eigenvalue weighted by Crippen LogP contribution is -2.35. The van der Waals surface area contributed by atoms with Crippen molar-refractivity contribution in [3.63, 3.8) is 0 Å². The van der Waals surface area contributed by atoms with E-state index in [9.17, 15) is 5.11 Å². The molecule has 0 unspecified atom stereocenters. The van der Waals surface area contributed by atoms with Gasteiger partial charge in [0.1, 0.15) is 0 Å². The van der Waals surface area contributed by atoms with Crippen LogP contribution in [0.4, 0.5) is 0 Å². The van der Waals surface area contributed by atoms with E-state index in [0.717, 1.165) is 6.54 Å². The van der Waals surface area contributed by atoms with Gasteiger partial charge in [0, 0.05) is 6.54 Å². The summed E-state index contributed by atoms with van der Waals surface area (Å²) in [6.45, 7) is 3.16. The highest BCUT2D eigenvalue weighted by Gasteiger charge is 2.26. The molecule has 1 N–H and O–H groups in total. The zero-order valence-electron chi connectivity index (χ0n) is 9.87. The Labute approximate surface area is 88.3 Å². The molecule has 1 rings (SSSR count). The van der Waals surface area contributed by atoms with Crippen LogP contribution in [0.5, 0.6) is 0 Å². The number of hydrogen-bond acceptors (Lipinski definition) is 2. The third-order valence-electron chi connectivity index (χ3n) is 3.37. The highest BCUT2D eigenvalue weighted by atomic mass is 16.3. The van der Waals surface area contributed by atoms with Crippen LogP contribution in [0.3, 0.4) is 0 Å². The van der Waals surface area contributed by atoms with Crippen molar-refractivity contribution in [2.24, 2.45) is 11.8 Å². The van der Waals surface area contributed by atoms with E-state index in [1.165, 1.54) is 32.1 Å². The molecular formula is C12H25NO. The van der Waals surface area contributed by atoms with Crippen LogP contribution in [0, 0.1) is 11.8 Å². The first-order valence-electron chi connectivity index (χ1n) is 5.94. The molecule has 0 radical (unpaired) electrons. The van der Waals surface area contributed by atoms with Crippen molar-refractivity contribution >= 4 is 0 Å². The van der Waals surface area contributed by atoms with Crippen LogP contribution < -0.4 is 0 Å². The summed E-state index contributed by atoms with van der Waals surface area (Å²) >= 11 is 0. The molecule has 14 heavy (non-hydrogen) atoms. The highest BCUT2D eigenvalue weighted by molar-refractivity contribution is 4.77. The molecule has 0 spiro atoms. The standard InChI is InChI=1S/C12H25NO/c1-10(9-13(2)3)12(14)11-7-5-4-6-8-11/h10-12,14H,4-9H2,1-3H3/t10-,12+/m1/s1. The number of aliphatic hydroxyl groups is 1. The van der Waals surface area contributed by atoms with Crippen molar-refractivity contribution in [1.82, 2.24) is 4.90 Å². The first-order chi connectivity index (χ1) is 6.61. The Hall–Kier alpha value is -0.0800. The molecule has 2 atom stereocenters. The van der Waals surface area contributed by atoms with E-state index in [-0.39, 0.29) is 6.10 Å². The maximum absolute atomic E-state index is 10.2. The van der Waals surface area contributed by atoms with Gasteiger partial charge < -0.3 is 10.0 Å². The predicted molar refractivity (Wildman–Crippen MR) is 60.3 cm³/mol. The minimum atomic E-state index is -0.0855. The average molecular weight is 199 g/mol. The summed E-state index contributed by atoms with van der Waals surface area (Å²) in [7, 11) is 4.15. The molecule has 84 valence electrons. The van der Waals surface area contributed by atoms with E-state index < -0.39 is 0 Å². The van der Waals surface area contributed by atoms with Gasteiger partial charge in [0.05, 0.1) is 6.10 Å².